The molecule has 0 saturated heterocycles. The molecule has 0 fully saturated rings. The summed E-state index contributed by atoms with van der Waals surface area (Å²) in [6.07, 6.45) is -3.38. The molecule has 0 aliphatic rings. The monoisotopic (exact) mass is 504 g/mol. The summed E-state index contributed by atoms with van der Waals surface area (Å²) in [6.45, 7) is 12.0. The molecular weight excluding hydrogens is 477 g/mol. The first-order valence-electron chi connectivity index (χ1n) is 11.2. The molecular formula is C27H27F3O6. The van der Waals surface area contributed by atoms with E-state index in [9.17, 15) is 22.8 Å². The number of halogens is 3. The summed E-state index contributed by atoms with van der Waals surface area (Å²) in [4.78, 5) is 24.5. The van der Waals surface area contributed by atoms with Gasteiger partial charge >= 0.3 is 18.0 Å². The summed E-state index contributed by atoms with van der Waals surface area (Å²) in [6, 6.07) is 10.4. The van der Waals surface area contributed by atoms with Gasteiger partial charge in [0.05, 0.1) is 5.56 Å². The summed E-state index contributed by atoms with van der Waals surface area (Å²) in [7, 11) is 0. The van der Waals surface area contributed by atoms with Crippen LogP contribution in [-0.4, -0.2) is 23.5 Å². The number of benzene rings is 2. The number of fused-ring (bicyclic) bond motifs is 1. The van der Waals surface area contributed by atoms with E-state index in [4.69, 9.17) is 13.9 Å². The third-order valence-corrected chi connectivity index (χ3v) is 6.02. The van der Waals surface area contributed by atoms with Gasteiger partial charge in [0.1, 0.15) is 28.3 Å². The van der Waals surface area contributed by atoms with E-state index in [1.54, 1.807) is 52.8 Å². The van der Waals surface area contributed by atoms with Crippen LogP contribution in [0.25, 0.3) is 22.1 Å². The van der Waals surface area contributed by atoms with Crippen molar-refractivity contribution in [3.8, 4) is 22.6 Å². The first kappa shape index (κ1) is 26.8. The van der Waals surface area contributed by atoms with Gasteiger partial charge in [0, 0.05) is 23.1 Å². The Kier molecular flexibility index (Phi) is 7.25. The van der Waals surface area contributed by atoms with Crippen molar-refractivity contribution < 1.29 is 36.6 Å². The van der Waals surface area contributed by atoms with Crippen LogP contribution in [0.5, 0.6) is 11.5 Å². The lowest BCUT2D eigenvalue weighted by Gasteiger charge is -2.40. The summed E-state index contributed by atoms with van der Waals surface area (Å²) in [5.74, 6) is -0.749. The molecule has 1 aromatic heterocycles. The highest BCUT2D eigenvalue weighted by molar-refractivity contribution is 5.84. The Balaban J connectivity index is 2.00. The minimum absolute atomic E-state index is 0.0348. The zero-order valence-electron chi connectivity index (χ0n) is 20.6. The summed E-state index contributed by atoms with van der Waals surface area (Å²) in [5.41, 5.74) is -2.20. The Hall–Kier alpha value is -3.75. The van der Waals surface area contributed by atoms with Crippen LogP contribution in [0.1, 0.15) is 40.2 Å². The van der Waals surface area contributed by atoms with Gasteiger partial charge in [-0.15, -0.1) is 13.2 Å². The quantitative estimate of drug-likeness (QED) is 0.196. The number of aryl methyl sites for hydroxylation is 1. The highest BCUT2D eigenvalue weighted by Gasteiger charge is 2.42. The number of hydrogen-bond donors (Lipinski definition) is 0. The molecule has 0 atom stereocenters. The van der Waals surface area contributed by atoms with Gasteiger partial charge in [-0.25, -0.2) is 9.59 Å². The lowest BCUT2D eigenvalue weighted by Crippen LogP contribution is -2.52. The maximum absolute atomic E-state index is 13.0. The second-order valence-electron chi connectivity index (χ2n) is 9.13. The fourth-order valence-electron chi connectivity index (χ4n) is 3.39. The van der Waals surface area contributed by atoms with E-state index in [1.807, 2.05) is 0 Å². The van der Waals surface area contributed by atoms with E-state index in [-0.39, 0.29) is 16.7 Å². The van der Waals surface area contributed by atoms with Gasteiger partial charge in [-0.1, -0.05) is 25.6 Å². The van der Waals surface area contributed by atoms with Crippen LogP contribution < -0.4 is 15.1 Å². The smallest absolute Gasteiger partial charge is 0.484 e. The molecule has 0 aliphatic heterocycles. The van der Waals surface area contributed by atoms with Gasteiger partial charge in [0.15, 0.2) is 0 Å². The van der Waals surface area contributed by atoms with Crippen molar-refractivity contribution in [1.82, 2.24) is 0 Å². The molecule has 0 aliphatic carbocycles. The van der Waals surface area contributed by atoms with Crippen LogP contribution in [0.15, 0.2) is 64.3 Å². The molecule has 0 saturated carbocycles. The number of rotatable bonds is 8. The standard InChI is InChI=1S/C27H27F3O6/c1-7-16-9-12-19(22(13-16)35-27(28,29)30)20-14-17-10-11-18(15-21(17)33-24(20)32)34-25(3,4)26(5,6)36-23(31)8-2/h8-15H,2,7H2,1,3-6H3. The van der Waals surface area contributed by atoms with Crippen LogP contribution in [0.2, 0.25) is 0 Å². The van der Waals surface area contributed by atoms with Gasteiger partial charge in [-0.2, -0.15) is 0 Å². The van der Waals surface area contributed by atoms with Gasteiger partial charge in [0.25, 0.3) is 0 Å². The van der Waals surface area contributed by atoms with Crippen molar-refractivity contribution >= 4 is 16.9 Å². The molecule has 3 aromatic rings. The van der Waals surface area contributed by atoms with Gasteiger partial charge in [0.2, 0.25) is 0 Å². The molecule has 0 amide bonds. The van der Waals surface area contributed by atoms with E-state index in [2.05, 4.69) is 11.3 Å². The zero-order chi connectivity index (χ0) is 26.9. The van der Waals surface area contributed by atoms with Crippen molar-refractivity contribution in [2.75, 3.05) is 0 Å². The summed E-state index contributed by atoms with van der Waals surface area (Å²) >= 11 is 0. The molecule has 192 valence electrons. The second-order valence-corrected chi connectivity index (χ2v) is 9.13. The van der Waals surface area contributed by atoms with E-state index in [1.165, 1.54) is 24.3 Å². The number of alkyl halides is 3. The molecule has 0 N–H and O–H groups in total. The highest BCUT2D eigenvalue weighted by Crippen LogP contribution is 2.36. The number of carbonyl (C=O) groups excluding carboxylic acids is 1. The van der Waals surface area contributed by atoms with Crippen molar-refractivity contribution in [3.63, 3.8) is 0 Å². The highest BCUT2D eigenvalue weighted by atomic mass is 19.4. The van der Waals surface area contributed by atoms with E-state index >= 15 is 0 Å². The van der Waals surface area contributed by atoms with Crippen LogP contribution >= 0.6 is 0 Å². The Labute approximate surface area is 206 Å². The Morgan fingerprint density at radius 1 is 0.972 bits per heavy atom. The molecule has 0 spiro atoms. The summed E-state index contributed by atoms with van der Waals surface area (Å²) < 4.78 is 60.1. The predicted molar refractivity (Wildman–Crippen MR) is 129 cm³/mol. The normalized spacial score (nSPS) is 12.3. The molecule has 2 aromatic carbocycles. The van der Waals surface area contributed by atoms with Crippen molar-refractivity contribution in [2.45, 2.75) is 58.6 Å². The Bertz CT molecular complexity index is 1350. The first-order chi connectivity index (χ1) is 16.7. The molecule has 1 heterocycles. The molecule has 3 rings (SSSR count). The first-order valence-corrected chi connectivity index (χ1v) is 11.2. The van der Waals surface area contributed by atoms with Crippen molar-refractivity contribution in [2.24, 2.45) is 0 Å². The van der Waals surface area contributed by atoms with Crippen LogP contribution in [0, 0.1) is 0 Å². The minimum atomic E-state index is -4.93. The van der Waals surface area contributed by atoms with Crippen LogP contribution in [-0.2, 0) is 16.0 Å². The van der Waals surface area contributed by atoms with Crippen molar-refractivity contribution in [1.29, 1.82) is 0 Å². The van der Waals surface area contributed by atoms with E-state index < -0.39 is 34.9 Å². The van der Waals surface area contributed by atoms with Crippen molar-refractivity contribution in [3.05, 3.63) is 71.1 Å². The predicted octanol–water partition coefficient (Wildman–Crippen LogP) is 6.59. The maximum atomic E-state index is 13.0. The van der Waals surface area contributed by atoms with Gasteiger partial charge < -0.3 is 18.6 Å². The fraction of sp³-hybridized carbons (Fsp3) is 0.333. The van der Waals surface area contributed by atoms with E-state index in [0.29, 0.717) is 23.1 Å². The molecule has 36 heavy (non-hydrogen) atoms. The SMILES string of the molecule is C=CC(=O)OC(C)(C)C(C)(C)Oc1ccc2cc(-c3ccc(CC)cc3OC(F)(F)F)c(=O)oc2c1. The number of hydrogen-bond acceptors (Lipinski definition) is 6. The van der Waals surface area contributed by atoms with E-state index in [0.717, 1.165) is 6.08 Å². The summed E-state index contributed by atoms with van der Waals surface area (Å²) in [5, 5.41) is 0.463. The zero-order valence-corrected chi connectivity index (χ0v) is 20.6. The number of ether oxygens (including phenoxy) is 3. The average Bonchev–Trinajstić information content (AvgIpc) is 2.77. The largest absolute Gasteiger partial charge is 0.573 e. The maximum Gasteiger partial charge on any atom is 0.573 e. The number of esters is 1. The molecule has 6 nitrogen and oxygen atoms in total. The third kappa shape index (κ3) is 5.90. The topological polar surface area (TPSA) is 75.0 Å². The Morgan fingerprint density at radius 3 is 2.28 bits per heavy atom. The second kappa shape index (κ2) is 9.72. The molecule has 0 unspecified atom stereocenters. The lowest BCUT2D eigenvalue weighted by molar-refractivity contribution is -0.274. The molecule has 9 heteroatoms. The van der Waals surface area contributed by atoms with Crippen LogP contribution in [0.4, 0.5) is 13.2 Å². The minimum Gasteiger partial charge on any atom is -0.484 e. The fourth-order valence-corrected chi connectivity index (χ4v) is 3.39. The molecule has 0 radical (unpaired) electrons. The molecule has 0 bridgehead atoms. The average molecular weight is 505 g/mol. The Morgan fingerprint density at radius 2 is 1.67 bits per heavy atom. The number of carbonyl (C=O) groups is 1. The van der Waals surface area contributed by atoms with Crippen LogP contribution in [0.3, 0.4) is 0 Å². The third-order valence-electron chi connectivity index (χ3n) is 6.02. The van der Waals surface area contributed by atoms with Gasteiger partial charge in [-0.05, 0) is 63.9 Å². The lowest BCUT2D eigenvalue weighted by atomic mass is 9.89. The van der Waals surface area contributed by atoms with Gasteiger partial charge in [-0.3, -0.25) is 0 Å².